The first-order chi connectivity index (χ1) is 9.10. The minimum absolute atomic E-state index is 0.345. The summed E-state index contributed by atoms with van der Waals surface area (Å²) in [6, 6.07) is 12.4. The van der Waals surface area contributed by atoms with Crippen LogP contribution in [0, 0.1) is 5.82 Å². The molecule has 0 aromatic heterocycles. The van der Waals surface area contributed by atoms with Crippen molar-refractivity contribution >= 4 is 27.9 Å². The lowest BCUT2D eigenvalue weighted by Gasteiger charge is -2.20. The summed E-state index contributed by atoms with van der Waals surface area (Å²) in [5, 5.41) is 0. The summed E-state index contributed by atoms with van der Waals surface area (Å²) in [7, 11) is 1.82. The number of hydrogen-bond donors (Lipinski definition) is 0. The third kappa shape index (κ3) is 3.41. The number of aldehydes is 1. The van der Waals surface area contributed by atoms with Crippen LogP contribution in [-0.2, 0) is 6.54 Å². The molecule has 0 aliphatic carbocycles. The first-order valence-corrected chi connectivity index (χ1v) is 6.60. The number of nitrogens with zero attached hydrogens (tertiary/aromatic N) is 1. The van der Waals surface area contributed by atoms with Crippen LogP contribution in [-0.4, -0.2) is 13.3 Å². The van der Waals surface area contributed by atoms with Crippen LogP contribution in [0.3, 0.4) is 0 Å². The summed E-state index contributed by atoms with van der Waals surface area (Å²) in [6.45, 7) is 0.594. The van der Waals surface area contributed by atoms with Gasteiger partial charge in [-0.15, -0.1) is 0 Å². The van der Waals surface area contributed by atoms with Crippen molar-refractivity contribution in [3.63, 3.8) is 0 Å². The fraction of sp³-hybridized carbons (Fsp3) is 0.133. The minimum Gasteiger partial charge on any atom is -0.368 e. The smallest absolute Gasteiger partial charge is 0.150 e. The molecule has 0 radical (unpaired) electrons. The second kappa shape index (κ2) is 5.97. The Kier molecular flexibility index (Phi) is 4.32. The Morgan fingerprint density at radius 2 is 2.05 bits per heavy atom. The molecule has 2 aromatic carbocycles. The predicted octanol–water partition coefficient (Wildman–Crippen LogP) is 4.04. The van der Waals surface area contributed by atoms with E-state index in [1.54, 1.807) is 12.1 Å². The van der Waals surface area contributed by atoms with E-state index in [1.165, 1.54) is 6.07 Å². The largest absolute Gasteiger partial charge is 0.368 e. The average Bonchev–Trinajstić information content (AvgIpc) is 2.38. The molecule has 0 spiro atoms. The van der Waals surface area contributed by atoms with Gasteiger partial charge in [-0.1, -0.05) is 28.1 Å². The van der Waals surface area contributed by atoms with E-state index in [0.717, 1.165) is 10.0 Å². The fourth-order valence-corrected chi connectivity index (χ4v) is 2.35. The quantitative estimate of drug-likeness (QED) is 0.792. The Morgan fingerprint density at radius 1 is 1.26 bits per heavy atom. The Balaban J connectivity index is 2.20. The van der Waals surface area contributed by atoms with Crippen molar-refractivity contribution in [3.8, 4) is 0 Å². The van der Waals surface area contributed by atoms with Crippen molar-refractivity contribution in [2.75, 3.05) is 11.9 Å². The van der Waals surface area contributed by atoms with Crippen LogP contribution in [0.1, 0.15) is 15.9 Å². The Hall–Kier alpha value is -1.68. The monoisotopic (exact) mass is 321 g/mol. The van der Waals surface area contributed by atoms with Crippen molar-refractivity contribution in [2.45, 2.75) is 6.54 Å². The maximum atomic E-state index is 13.9. The van der Waals surface area contributed by atoms with Crippen LogP contribution in [0.4, 0.5) is 10.1 Å². The fourth-order valence-electron chi connectivity index (χ4n) is 1.90. The summed E-state index contributed by atoms with van der Waals surface area (Å²) >= 11 is 3.41. The Morgan fingerprint density at radius 3 is 2.68 bits per heavy atom. The van der Waals surface area contributed by atoms with Gasteiger partial charge >= 0.3 is 0 Å². The average molecular weight is 322 g/mol. The second-order valence-electron chi connectivity index (χ2n) is 4.31. The Bertz CT molecular complexity index is 600. The molecule has 0 saturated heterocycles. The number of rotatable bonds is 4. The summed E-state index contributed by atoms with van der Waals surface area (Å²) < 4.78 is 14.9. The van der Waals surface area contributed by atoms with Gasteiger partial charge in [0, 0.05) is 23.6 Å². The molecule has 2 nitrogen and oxygen atoms in total. The summed E-state index contributed by atoms with van der Waals surface area (Å²) in [5.41, 5.74) is 1.90. The molecule has 0 aliphatic heterocycles. The molecule has 0 heterocycles. The van der Waals surface area contributed by atoms with Crippen molar-refractivity contribution in [1.29, 1.82) is 0 Å². The van der Waals surface area contributed by atoms with Crippen molar-refractivity contribution < 1.29 is 9.18 Å². The summed E-state index contributed by atoms with van der Waals surface area (Å²) in [5.74, 6) is -0.387. The van der Waals surface area contributed by atoms with E-state index in [0.29, 0.717) is 24.1 Å². The van der Waals surface area contributed by atoms with Gasteiger partial charge in [-0.2, -0.15) is 0 Å². The maximum Gasteiger partial charge on any atom is 0.150 e. The molecule has 4 heteroatoms. The highest BCUT2D eigenvalue weighted by Crippen LogP contribution is 2.21. The highest BCUT2D eigenvalue weighted by Gasteiger charge is 2.09. The van der Waals surface area contributed by atoms with Gasteiger partial charge in [-0.05, 0) is 35.9 Å². The zero-order chi connectivity index (χ0) is 13.8. The molecule has 0 N–H and O–H groups in total. The molecule has 0 unspecified atom stereocenters. The molecule has 0 bridgehead atoms. The predicted molar refractivity (Wildman–Crippen MR) is 78.0 cm³/mol. The van der Waals surface area contributed by atoms with Crippen LogP contribution in [0.25, 0.3) is 0 Å². The first-order valence-electron chi connectivity index (χ1n) is 5.80. The number of benzene rings is 2. The third-order valence-corrected chi connectivity index (χ3v) is 3.32. The van der Waals surface area contributed by atoms with E-state index in [-0.39, 0.29) is 5.82 Å². The zero-order valence-electron chi connectivity index (χ0n) is 10.4. The van der Waals surface area contributed by atoms with E-state index < -0.39 is 0 Å². The molecule has 0 saturated carbocycles. The third-order valence-electron chi connectivity index (χ3n) is 2.83. The summed E-state index contributed by atoms with van der Waals surface area (Å²) in [6.07, 6.45) is 0.640. The van der Waals surface area contributed by atoms with Crippen LogP contribution >= 0.6 is 15.9 Å². The van der Waals surface area contributed by atoms with Gasteiger partial charge in [0.15, 0.2) is 0 Å². The van der Waals surface area contributed by atoms with E-state index in [1.807, 2.05) is 36.2 Å². The number of carbonyl (C=O) groups is 1. The number of anilines is 1. The van der Waals surface area contributed by atoms with Gasteiger partial charge in [0.05, 0.1) is 5.69 Å². The van der Waals surface area contributed by atoms with E-state index in [4.69, 9.17) is 0 Å². The maximum absolute atomic E-state index is 13.9. The molecular formula is C15H13BrFNO. The van der Waals surface area contributed by atoms with Crippen LogP contribution < -0.4 is 4.90 Å². The van der Waals surface area contributed by atoms with Crippen LogP contribution in [0.15, 0.2) is 46.9 Å². The molecule has 0 aliphatic rings. The summed E-state index contributed by atoms with van der Waals surface area (Å²) in [4.78, 5) is 12.4. The van der Waals surface area contributed by atoms with Gasteiger partial charge in [0.25, 0.3) is 0 Å². The molecule has 2 aromatic rings. The van der Waals surface area contributed by atoms with Crippen molar-refractivity contribution in [1.82, 2.24) is 0 Å². The zero-order valence-corrected chi connectivity index (χ0v) is 12.0. The van der Waals surface area contributed by atoms with E-state index in [2.05, 4.69) is 15.9 Å². The second-order valence-corrected chi connectivity index (χ2v) is 5.23. The topological polar surface area (TPSA) is 20.3 Å². The van der Waals surface area contributed by atoms with Crippen LogP contribution in [0.5, 0.6) is 0 Å². The highest BCUT2D eigenvalue weighted by atomic mass is 79.9. The number of carbonyl (C=O) groups excluding carboxylic acids is 1. The molecule has 0 fully saturated rings. The van der Waals surface area contributed by atoms with Gasteiger partial charge in [0.2, 0.25) is 0 Å². The van der Waals surface area contributed by atoms with Gasteiger partial charge in [-0.25, -0.2) is 4.39 Å². The minimum atomic E-state index is -0.387. The highest BCUT2D eigenvalue weighted by molar-refractivity contribution is 9.10. The molecule has 98 valence electrons. The lowest BCUT2D eigenvalue weighted by Crippen LogP contribution is -2.17. The van der Waals surface area contributed by atoms with E-state index >= 15 is 0 Å². The lowest BCUT2D eigenvalue weighted by molar-refractivity contribution is 0.112. The lowest BCUT2D eigenvalue weighted by atomic mass is 10.1. The normalized spacial score (nSPS) is 10.3. The number of halogens is 2. The Labute approximate surface area is 120 Å². The standard InChI is InChI=1S/C15H13BrFNO/c1-18(9-11-3-2-4-13(16)7-11)15-6-5-12(10-19)8-14(15)17/h2-8,10H,9H2,1H3. The molecule has 2 rings (SSSR count). The van der Waals surface area contributed by atoms with Crippen LogP contribution in [0.2, 0.25) is 0 Å². The van der Waals surface area contributed by atoms with Crippen molar-refractivity contribution in [3.05, 3.63) is 63.9 Å². The molecule has 0 amide bonds. The molecular weight excluding hydrogens is 309 g/mol. The van der Waals surface area contributed by atoms with Crippen molar-refractivity contribution in [2.24, 2.45) is 0 Å². The SMILES string of the molecule is CN(Cc1cccc(Br)c1)c1ccc(C=O)cc1F. The van der Waals surface area contributed by atoms with Gasteiger partial charge in [0.1, 0.15) is 12.1 Å². The number of hydrogen-bond acceptors (Lipinski definition) is 2. The first kappa shape index (κ1) is 13.7. The molecule has 19 heavy (non-hydrogen) atoms. The van der Waals surface area contributed by atoms with E-state index in [9.17, 15) is 9.18 Å². The van der Waals surface area contributed by atoms with Gasteiger partial charge in [-0.3, -0.25) is 4.79 Å². The molecule has 0 atom stereocenters. The van der Waals surface area contributed by atoms with Gasteiger partial charge < -0.3 is 4.90 Å².